The minimum absolute atomic E-state index is 0.0197. The summed E-state index contributed by atoms with van der Waals surface area (Å²) in [7, 11) is 2.65. The van der Waals surface area contributed by atoms with Crippen molar-refractivity contribution in [2.45, 2.75) is 101 Å². The Morgan fingerprint density at radius 2 is 1.68 bits per heavy atom. The minimum atomic E-state index is -3.63. The number of imide groups is 2. The Hall–Kier alpha value is -6.35. The van der Waals surface area contributed by atoms with E-state index in [0.29, 0.717) is 31.1 Å². The molecule has 2 aliphatic carbocycles. The van der Waals surface area contributed by atoms with Crippen LogP contribution in [0.3, 0.4) is 0 Å². The largest absolute Gasteiger partial charge is 0.495 e. The third kappa shape index (κ3) is 9.29. The Labute approximate surface area is 391 Å². The highest BCUT2D eigenvalue weighted by Gasteiger charge is 2.49. The molecule has 2 aromatic carbocycles. The summed E-state index contributed by atoms with van der Waals surface area (Å²) in [5.74, 6) is -8.17. The Balaban J connectivity index is 0.734. The highest BCUT2D eigenvalue weighted by molar-refractivity contribution is 6.25. The average Bonchev–Trinajstić information content (AvgIpc) is 3.94. The fraction of sp³-hybridized carbons (Fsp3) is 0.532. The standard InChI is InChI=1S/C47H56F3N11O7/c1-57-36-25-52-46(56-40(36)60(29-7-3-4-8-29)26-47(49,50)45(57)67)54-34-24-32(48)31(23-37(34)68-2)41(63)53-27-11-13-28(14-12-27)59-21-19-58(20-22-59)18-6-17-51-33-10-5-9-30-39(33)44(66)61(43(30)65)35-15-16-38(62)55-42(35)64/h5,9-10,23-25,27-29,35,51H,3-4,6-8,11-22,26H2,1-2H3,(H,53,63)(H,52,54,56)(H,55,62,64). The first-order valence-corrected chi connectivity index (χ1v) is 23.5. The number of methoxy groups -OCH3 is 1. The monoisotopic (exact) mass is 943 g/mol. The summed E-state index contributed by atoms with van der Waals surface area (Å²) in [6.07, 6.45) is 8.61. The second-order valence-electron chi connectivity index (χ2n) is 18.5. The lowest BCUT2D eigenvalue weighted by atomic mass is 9.89. The lowest BCUT2D eigenvalue weighted by molar-refractivity contribution is -0.140. The van der Waals surface area contributed by atoms with E-state index in [9.17, 15) is 28.8 Å². The first-order valence-electron chi connectivity index (χ1n) is 23.5. The molecule has 4 fully saturated rings. The number of hydrogen-bond donors (Lipinski definition) is 4. The molecular formula is C47H56F3N11O7. The Bertz CT molecular complexity index is 2490. The molecule has 3 aromatic rings. The number of nitrogens with zero attached hydrogens (tertiary/aromatic N) is 7. The lowest BCUT2D eigenvalue weighted by Crippen LogP contribution is -2.54. The Morgan fingerprint density at radius 1 is 0.926 bits per heavy atom. The molecule has 362 valence electrons. The summed E-state index contributed by atoms with van der Waals surface area (Å²) in [6, 6.07) is 6.45. The van der Waals surface area contributed by atoms with Gasteiger partial charge in [-0.2, -0.15) is 13.8 Å². The van der Waals surface area contributed by atoms with Gasteiger partial charge in [0.05, 0.1) is 42.2 Å². The van der Waals surface area contributed by atoms with E-state index in [2.05, 4.69) is 41.0 Å². The number of hydrogen-bond acceptors (Lipinski definition) is 14. The molecule has 1 atom stereocenters. The molecule has 2 saturated carbocycles. The number of ether oxygens (including phenoxy) is 1. The van der Waals surface area contributed by atoms with Crippen LogP contribution in [0.1, 0.15) is 102 Å². The van der Waals surface area contributed by atoms with Gasteiger partial charge in [-0.05, 0) is 76.1 Å². The van der Waals surface area contributed by atoms with Crippen molar-refractivity contribution < 1.29 is 46.7 Å². The van der Waals surface area contributed by atoms with Crippen LogP contribution >= 0.6 is 0 Å². The van der Waals surface area contributed by atoms with Crippen molar-refractivity contribution >= 4 is 64.3 Å². The summed E-state index contributed by atoms with van der Waals surface area (Å²) < 4.78 is 51.4. The van der Waals surface area contributed by atoms with Crippen molar-refractivity contribution in [2.24, 2.45) is 0 Å². The molecule has 6 aliphatic rings. The fourth-order valence-corrected chi connectivity index (χ4v) is 10.6. The van der Waals surface area contributed by atoms with Gasteiger partial charge in [0.15, 0.2) is 5.82 Å². The number of fused-ring (bicyclic) bond motifs is 2. The number of carbonyl (C=O) groups excluding carboxylic acids is 6. The molecule has 0 bridgehead atoms. The molecular weight excluding hydrogens is 888 g/mol. The third-order valence-electron chi connectivity index (χ3n) is 14.3. The molecule has 1 unspecified atom stereocenters. The van der Waals surface area contributed by atoms with E-state index in [1.807, 2.05) is 0 Å². The zero-order valence-corrected chi connectivity index (χ0v) is 38.1. The molecule has 2 saturated heterocycles. The number of aromatic nitrogens is 2. The van der Waals surface area contributed by atoms with Crippen LogP contribution in [0.2, 0.25) is 0 Å². The van der Waals surface area contributed by atoms with Gasteiger partial charge >= 0.3 is 5.92 Å². The highest BCUT2D eigenvalue weighted by Crippen LogP contribution is 2.41. The van der Waals surface area contributed by atoms with Crippen molar-refractivity contribution in [1.29, 1.82) is 0 Å². The molecule has 68 heavy (non-hydrogen) atoms. The number of anilines is 5. The Morgan fingerprint density at radius 3 is 2.40 bits per heavy atom. The van der Waals surface area contributed by atoms with Crippen LogP contribution < -0.4 is 35.8 Å². The van der Waals surface area contributed by atoms with E-state index in [0.717, 1.165) is 93.5 Å². The summed E-state index contributed by atoms with van der Waals surface area (Å²) in [5, 5.41) is 11.5. The zero-order chi connectivity index (χ0) is 47.9. The van der Waals surface area contributed by atoms with Crippen LogP contribution in [0.25, 0.3) is 0 Å². The van der Waals surface area contributed by atoms with Crippen LogP contribution in [0.15, 0.2) is 36.5 Å². The predicted octanol–water partition coefficient (Wildman–Crippen LogP) is 4.29. The average molecular weight is 944 g/mol. The predicted molar refractivity (Wildman–Crippen MR) is 244 cm³/mol. The van der Waals surface area contributed by atoms with Gasteiger partial charge in [-0.3, -0.25) is 43.9 Å². The fourth-order valence-electron chi connectivity index (χ4n) is 10.6. The van der Waals surface area contributed by atoms with Gasteiger partial charge in [0.25, 0.3) is 23.6 Å². The van der Waals surface area contributed by atoms with Crippen molar-refractivity contribution in [3.63, 3.8) is 0 Å². The molecule has 6 amide bonds. The molecule has 0 spiro atoms. The summed E-state index contributed by atoms with van der Waals surface area (Å²) in [5.41, 5.74) is 1.11. The van der Waals surface area contributed by atoms with Gasteiger partial charge in [-0.25, -0.2) is 9.37 Å². The quantitative estimate of drug-likeness (QED) is 0.140. The van der Waals surface area contributed by atoms with E-state index in [1.165, 1.54) is 31.3 Å². The topological polar surface area (TPSA) is 202 Å². The van der Waals surface area contributed by atoms with Gasteiger partial charge in [0.2, 0.25) is 17.8 Å². The first-order chi connectivity index (χ1) is 32.7. The molecule has 4 N–H and O–H groups in total. The number of piperazine rings is 1. The van der Waals surface area contributed by atoms with E-state index in [4.69, 9.17) is 4.74 Å². The molecule has 1 aromatic heterocycles. The number of piperidine rings is 1. The van der Waals surface area contributed by atoms with Gasteiger partial charge in [0.1, 0.15) is 23.3 Å². The highest BCUT2D eigenvalue weighted by atomic mass is 19.3. The van der Waals surface area contributed by atoms with Crippen LogP contribution in [0.5, 0.6) is 5.75 Å². The van der Waals surface area contributed by atoms with Crippen LogP contribution in [-0.4, -0.2) is 150 Å². The Kier molecular flexibility index (Phi) is 13.3. The normalized spacial score (nSPS) is 23.6. The van der Waals surface area contributed by atoms with E-state index >= 15 is 13.2 Å². The van der Waals surface area contributed by atoms with E-state index in [1.54, 1.807) is 18.2 Å². The van der Waals surface area contributed by atoms with Gasteiger partial charge in [-0.15, -0.1) is 0 Å². The van der Waals surface area contributed by atoms with Gasteiger partial charge in [0, 0.05) is 76.1 Å². The molecule has 9 rings (SSSR count). The van der Waals surface area contributed by atoms with Crippen molar-refractivity contribution in [3.05, 3.63) is 59.0 Å². The number of alkyl halides is 2. The summed E-state index contributed by atoms with van der Waals surface area (Å²) in [6.45, 7) is 4.19. The first kappa shape index (κ1) is 46.7. The van der Waals surface area contributed by atoms with Crippen LogP contribution in [0.4, 0.5) is 42.0 Å². The minimum Gasteiger partial charge on any atom is -0.495 e. The number of benzene rings is 2. The molecule has 18 nitrogen and oxygen atoms in total. The molecule has 0 radical (unpaired) electrons. The van der Waals surface area contributed by atoms with Crippen LogP contribution in [0, 0.1) is 5.82 Å². The van der Waals surface area contributed by atoms with Crippen molar-refractivity contribution in [1.82, 2.24) is 35.3 Å². The smallest absolute Gasteiger partial charge is 0.342 e. The second kappa shape index (κ2) is 19.3. The number of nitrogens with one attached hydrogen (secondary N) is 4. The third-order valence-corrected chi connectivity index (χ3v) is 14.3. The SMILES string of the molecule is COc1cc(C(=O)NC2CCC(N3CCN(CCCNc4cccc5c4C(=O)N(C4CCC(=O)NC4=O)C5=O)CC3)CC2)c(F)cc1Nc1ncc2c(n1)N(C1CCCC1)CC(F)(F)C(=O)N2C. The van der Waals surface area contributed by atoms with Crippen molar-refractivity contribution in [2.75, 3.05) is 80.4 Å². The maximum atomic E-state index is 15.7. The maximum Gasteiger partial charge on any atom is 0.342 e. The second-order valence-corrected chi connectivity index (χ2v) is 18.5. The summed E-state index contributed by atoms with van der Waals surface area (Å²) >= 11 is 0. The molecule has 5 heterocycles. The number of halogens is 3. The number of rotatable bonds is 13. The summed E-state index contributed by atoms with van der Waals surface area (Å²) in [4.78, 5) is 94.0. The number of amides is 6. The van der Waals surface area contributed by atoms with Crippen LogP contribution in [-0.2, 0) is 14.4 Å². The van der Waals surface area contributed by atoms with E-state index < -0.39 is 59.8 Å². The van der Waals surface area contributed by atoms with Gasteiger partial charge in [-0.1, -0.05) is 18.9 Å². The number of carbonyl (C=O) groups is 6. The van der Waals surface area contributed by atoms with E-state index in [-0.39, 0.29) is 70.5 Å². The lowest BCUT2D eigenvalue weighted by Gasteiger charge is -2.42. The molecule has 4 aliphatic heterocycles. The molecule has 21 heteroatoms. The van der Waals surface area contributed by atoms with Gasteiger partial charge < -0.3 is 35.4 Å². The zero-order valence-electron chi connectivity index (χ0n) is 38.1. The maximum absolute atomic E-state index is 15.7. The van der Waals surface area contributed by atoms with Crippen molar-refractivity contribution in [3.8, 4) is 5.75 Å².